The number of urea groups is 1. The predicted octanol–water partition coefficient (Wildman–Crippen LogP) is 5.49. The molecule has 5 rings (SSSR count). The number of amides is 4. The topological polar surface area (TPSA) is 97.0 Å². The second-order valence-corrected chi connectivity index (χ2v) is 9.02. The summed E-state index contributed by atoms with van der Waals surface area (Å²) >= 11 is 0. The fraction of sp³-hybridized carbons (Fsp3) is 0.129. The third kappa shape index (κ3) is 5.94. The Kier molecular flexibility index (Phi) is 7.72. The molecule has 1 saturated heterocycles. The molecule has 0 bridgehead atoms. The van der Waals surface area contributed by atoms with E-state index in [1.165, 1.54) is 24.3 Å². The third-order valence-electron chi connectivity index (χ3n) is 6.20. The quantitative estimate of drug-likeness (QED) is 0.217. The van der Waals surface area contributed by atoms with E-state index < -0.39 is 30.2 Å². The maximum absolute atomic E-state index is 13.8. The number of ether oxygens (including phenoxy) is 2. The molecule has 1 aliphatic rings. The number of nitrogens with one attached hydrogen (secondary N) is 2. The lowest BCUT2D eigenvalue weighted by molar-refractivity contribution is -0.127. The first kappa shape index (κ1) is 26.4. The second kappa shape index (κ2) is 11.7. The van der Waals surface area contributed by atoms with Crippen LogP contribution in [-0.4, -0.2) is 35.9 Å². The van der Waals surface area contributed by atoms with Gasteiger partial charge in [0.15, 0.2) is 11.5 Å². The summed E-state index contributed by atoms with van der Waals surface area (Å²) in [5.74, 6) is -0.992. The number of benzene rings is 4. The number of imide groups is 1. The molecule has 0 unspecified atom stereocenters. The summed E-state index contributed by atoms with van der Waals surface area (Å²) in [4.78, 5) is 38.4. The number of hydrogen-bond donors (Lipinski definition) is 2. The molecule has 202 valence electrons. The summed E-state index contributed by atoms with van der Waals surface area (Å²) in [7, 11) is 0. The monoisotopic (exact) mass is 539 g/mol. The molecule has 40 heavy (non-hydrogen) atoms. The van der Waals surface area contributed by atoms with E-state index >= 15 is 0 Å². The first-order chi connectivity index (χ1) is 19.4. The standard InChI is InChI=1S/C31H26FN3O5/c1-2-39-28-17-20(12-14-27(28)40-19-21-11-13-22-7-3-4-8-23(22)15-21)16-26-30(37)35(31(38)34-26)18-29(36)33-25-10-6-5-9-24(25)32/h3-17H,2,18-19H2,1H3,(H,33,36)(H,34,38)/b26-16+. The molecule has 4 aromatic rings. The van der Waals surface area contributed by atoms with E-state index in [1.54, 1.807) is 24.3 Å². The predicted molar refractivity (Wildman–Crippen MR) is 149 cm³/mol. The Morgan fingerprint density at radius 2 is 1.70 bits per heavy atom. The number of carbonyl (C=O) groups excluding carboxylic acids is 3. The minimum atomic E-state index is -0.750. The largest absolute Gasteiger partial charge is 0.490 e. The lowest BCUT2D eigenvalue weighted by atomic mass is 10.1. The van der Waals surface area contributed by atoms with Crippen molar-refractivity contribution in [3.05, 3.63) is 108 Å². The molecule has 1 fully saturated rings. The van der Waals surface area contributed by atoms with Crippen molar-refractivity contribution in [1.29, 1.82) is 0 Å². The molecule has 0 saturated carbocycles. The highest BCUT2D eigenvalue weighted by Gasteiger charge is 2.35. The smallest absolute Gasteiger partial charge is 0.329 e. The molecule has 1 aliphatic heterocycles. The van der Waals surface area contributed by atoms with Gasteiger partial charge in [0, 0.05) is 0 Å². The van der Waals surface area contributed by atoms with Crippen LogP contribution in [0.25, 0.3) is 16.8 Å². The number of fused-ring (bicyclic) bond motifs is 1. The molecule has 0 atom stereocenters. The van der Waals surface area contributed by atoms with Gasteiger partial charge in [-0.3, -0.25) is 9.59 Å². The first-order valence-corrected chi connectivity index (χ1v) is 12.7. The maximum Gasteiger partial charge on any atom is 0.329 e. The van der Waals surface area contributed by atoms with Gasteiger partial charge in [0.05, 0.1) is 12.3 Å². The number of halogens is 1. The molecular weight excluding hydrogens is 513 g/mol. The van der Waals surface area contributed by atoms with Crippen molar-refractivity contribution in [2.75, 3.05) is 18.5 Å². The molecule has 4 aromatic carbocycles. The van der Waals surface area contributed by atoms with Crippen LogP contribution >= 0.6 is 0 Å². The Morgan fingerprint density at radius 1 is 0.925 bits per heavy atom. The Hall–Kier alpha value is -5.18. The van der Waals surface area contributed by atoms with E-state index in [4.69, 9.17) is 9.47 Å². The van der Waals surface area contributed by atoms with Crippen LogP contribution in [0.5, 0.6) is 11.5 Å². The van der Waals surface area contributed by atoms with E-state index in [-0.39, 0.29) is 11.4 Å². The first-order valence-electron chi connectivity index (χ1n) is 12.7. The zero-order chi connectivity index (χ0) is 28.1. The number of rotatable bonds is 9. The van der Waals surface area contributed by atoms with Crippen molar-refractivity contribution in [3.8, 4) is 11.5 Å². The van der Waals surface area contributed by atoms with Crippen LogP contribution < -0.4 is 20.1 Å². The van der Waals surface area contributed by atoms with Gasteiger partial charge in [0.1, 0.15) is 24.7 Å². The molecule has 0 spiro atoms. The fourth-order valence-corrected chi connectivity index (χ4v) is 4.27. The Bertz CT molecular complexity index is 1630. The molecule has 4 amide bonds. The van der Waals surface area contributed by atoms with Crippen LogP contribution in [0.2, 0.25) is 0 Å². The van der Waals surface area contributed by atoms with E-state index in [2.05, 4.69) is 22.8 Å². The van der Waals surface area contributed by atoms with Crippen molar-refractivity contribution in [2.24, 2.45) is 0 Å². The molecule has 1 heterocycles. The number of hydrogen-bond acceptors (Lipinski definition) is 5. The molecule has 0 radical (unpaired) electrons. The van der Waals surface area contributed by atoms with Crippen molar-refractivity contribution >= 4 is 40.4 Å². The molecular formula is C31H26FN3O5. The molecule has 9 heteroatoms. The lowest BCUT2D eigenvalue weighted by Crippen LogP contribution is -2.38. The van der Waals surface area contributed by atoms with Crippen LogP contribution in [0.4, 0.5) is 14.9 Å². The van der Waals surface area contributed by atoms with Crippen LogP contribution in [0.3, 0.4) is 0 Å². The van der Waals surface area contributed by atoms with Gasteiger partial charge < -0.3 is 20.1 Å². The van der Waals surface area contributed by atoms with Crippen molar-refractivity contribution in [1.82, 2.24) is 10.2 Å². The van der Waals surface area contributed by atoms with Crippen LogP contribution in [0, 0.1) is 5.82 Å². The third-order valence-corrected chi connectivity index (χ3v) is 6.20. The van der Waals surface area contributed by atoms with Gasteiger partial charge in [-0.2, -0.15) is 0 Å². The van der Waals surface area contributed by atoms with E-state index in [1.807, 2.05) is 37.3 Å². The van der Waals surface area contributed by atoms with Gasteiger partial charge in [0.2, 0.25) is 5.91 Å². The Labute approximate surface area is 230 Å². The zero-order valence-corrected chi connectivity index (χ0v) is 21.6. The SMILES string of the molecule is CCOc1cc(/C=C2/NC(=O)N(CC(=O)Nc3ccccc3F)C2=O)ccc1OCc1ccc2ccccc2c1. The minimum Gasteiger partial charge on any atom is -0.490 e. The second-order valence-electron chi connectivity index (χ2n) is 9.02. The van der Waals surface area contributed by atoms with E-state index in [0.717, 1.165) is 21.2 Å². The van der Waals surface area contributed by atoms with Gasteiger partial charge in [0.25, 0.3) is 5.91 Å². The molecule has 8 nitrogen and oxygen atoms in total. The normalized spacial score (nSPS) is 13.9. The van der Waals surface area contributed by atoms with Gasteiger partial charge >= 0.3 is 6.03 Å². The van der Waals surface area contributed by atoms with Crippen LogP contribution in [0.1, 0.15) is 18.1 Å². The highest BCUT2D eigenvalue weighted by Crippen LogP contribution is 2.31. The molecule has 2 N–H and O–H groups in total. The summed E-state index contributed by atoms with van der Waals surface area (Å²) in [6.07, 6.45) is 1.49. The minimum absolute atomic E-state index is 0.00373. The maximum atomic E-state index is 13.8. The van der Waals surface area contributed by atoms with Gasteiger partial charge in [-0.15, -0.1) is 0 Å². The lowest BCUT2D eigenvalue weighted by Gasteiger charge is -2.13. The summed E-state index contributed by atoms with van der Waals surface area (Å²) in [6, 6.07) is 24.3. The number of carbonyl (C=O) groups is 3. The summed E-state index contributed by atoms with van der Waals surface area (Å²) < 4.78 is 25.6. The van der Waals surface area contributed by atoms with E-state index in [0.29, 0.717) is 30.3 Å². The average molecular weight is 540 g/mol. The number of anilines is 1. The summed E-state index contributed by atoms with van der Waals surface area (Å²) in [5.41, 5.74) is 1.55. The van der Waals surface area contributed by atoms with Crippen molar-refractivity contribution in [2.45, 2.75) is 13.5 Å². The van der Waals surface area contributed by atoms with Crippen molar-refractivity contribution in [3.63, 3.8) is 0 Å². The number of para-hydroxylation sites is 1. The molecule has 0 aromatic heterocycles. The van der Waals surface area contributed by atoms with Gasteiger partial charge in [-0.05, 0) is 65.2 Å². The Morgan fingerprint density at radius 3 is 2.50 bits per heavy atom. The zero-order valence-electron chi connectivity index (χ0n) is 21.6. The van der Waals surface area contributed by atoms with Crippen LogP contribution in [-0.2, 0) is 16.2 Å². The van der Waals surface area contributed by atoms with Crippen LogP contribution in [0.15, 0.2) is 90.6 Å². The Balaban J connectivity index is 1.27. The summed E-state index contributed by atoms with van der Waals surface area (Å²) in [6.45, 7) is 2.02. The highest BCUT2D eigenvalue weighted by molar-refractivity contribution is 6.16. The van der Waals surface area contributed by atoms with Gasteiger partial charge in [-0.1, -0.05) is 54.6 Å². The average Bonchev–Trinajstić information content (AvgIpc) is 3.21. The fourth-order valence-electron chi connectivity index (χ4n) is 4.27. The number of nitrogens with zero attached hydrogens (tertiary/aromatic N) is 1. The van der Waals surface area contributed by atoms with Crippen molar-refractivity contribution < 1.29 is 28.2 Å². The van der Waals surface area contributed by atoms with Gasteiger partial charge in [-0.25, -0.2) is 14.1 Å². The molecule has 0 aliphatic carbocycles. The highest BCUT2D eigenvalue weighted by atomic mass is 19.1. The van der Waals surface area contributed by atoms with E-state index in [9.17, 15) is 18.8 Å². The summed E-state index contributed by atoms with van der Waals surface area (Å²) in [5, 5.41) is 7.12.